The smallest absolute Gasteiger partial charge is 0.261 e. The molecule has 0 N–H and O–H groups in total. The maximum atomic E-state index is 12.3. The van der Waals surface area contributed by atoms with Crippen molar-refractivity contribution in [3.05, 3.63) is 32.4 Å². The molecule has 5 heteroatoms. The van der Waals surface area contributed by atoms with Gasteiger partial charge >= 0.3 is 0 Å². The van der Waals surface area contributed by atoms with Gasteiger partial charge in [-0.25, -0.2) is 0 Å². The number of rotatable bonds is 2. The summed E-state index contributed by atoms with van der Waals surface area (Å²) >= 11 is 7.98. The molecule has 0 aliphatic carbocycles. The molecule has 1 atom stereocenters. The van der Waals surface area contributed by atoms with Crippen molar-refractivity contribution in [2.45, 2.75) is 19.8 Å². The number of halogens is 2. The highest BCUT2D eigenvalue weighted by atomic mass is 127. The molecule has 96 valence electrons. The van der Waals surface area contributed by atoms with Gasteiger partial charge in [-0.15, -0.1) is 0 Å². The van der Waals surface area contributed by atoms with Gasteiger partial charge in [0.1, 0.15) is 0 Å². The maximum Gasteiger partial charge on any atom is 0.261 e. The Morgan fingerprint density at radius 2 is 2.28 bits per heavy atom. The molecule has 1 fully saturated rings. The van der Waals surface area contributed by atoms with Crippen molar-refractivity contribution in [3.63, 3.8) is 0 Å². The zero-order valence-corrected chi connectivity index (χ0v) is 12.9. The van der Waals surface area contributed by atoms with E-state index in [4.69, 9.17) is 11.6 Å². The highest BCUT2D eigenvalue weighted by Gasteiger charge is 2.33. The fraction of sp³-hybridized carbons (Fsp3) is 0.385. The number of carbonyl (C=O) groups excluding carboxylic acids is 2. The number of carbonyl (C=O) groups is 2. The van der Waals surface area contributed by atoms with E-state index in [1.54, 1.807) is 18.2 Å². The SMILES string of the molecule is CCC1CC(=O)N(C(=O)c2cc(Cl)ccc2I)C1. The van der Waals surface area contributed by atoms with E-state index in [-0.39, 0.29) is 11.8 Å². The van der Waals surface area contributed by atoms with Crippen LogP contribution in [0.5, 0.6) is 0 Å². The first-order chi connectivity index (χ1) is 8.52. The highest BCUT2D eigenvalue weighted by molar-refractivity contribution is 14.1. The van der Waals surface area contributed by atoms with Gasteiger partial charge in [-0.05, 0) is 46.7 Å². The molecule has 1 heterocycles. The van der Waals surface area contributed by atoms with Crippen LogP contribution in [0.25, 0.3) is 0 Å². The van der Waals surface area contributed by atoms with Crippen molar-refractivity contribution in [1.29, 1.82) is 0 Å². The molecule has 0 aromatic heterocycles. The van der Waals surface area contributed by atoms with Crippen molar-refractivity contribution in [2.24, 2.45) is 5.92 Å². The van der Waals surface area contributed by atoms with Crippen LogP contribution < -0.4 is 0 Å². The molecule has 0 bridgehead atoms. The van der Waals surface area contributed by atoms with Gasteiger partial charge in [0.25, 0.3) is 5.91 Å². The topological polar surface area (TPSA) is 37.4 Å². The van der Waals surface area contributed by atoms with Crippen LogP contribution in [0, 0.1) is 9.49 Å². The molecule has 1 aliphatic heterocycles. The van der Waals surface area contributed by atoms with E-state index in [0.29, 0.717) is 29.5 Å². The first-order valence-corrected chi connectivity index (χ1v) is 7.28. The van der Waals surface area contributed by atoms with Crippen LogP contribution in [0.15, 0.2) is 18.2 Å². The Balaban J connectivity index is 2.26. The van der Waals surface area contributed by atoms with Crippen LogP contribution in [-0.2, 0) is 4.79 Å². The normalized spacial score (nSPS) is 19.4. The van der Waals surface area contributed by atoms with Crippen molar-refractivity contribution in [1.82, 2.24) is 4.90 Å². The minimum Gasteiger partial charge on any atom is -0.278 e. The third-order valence-corrected chi connectivity index (χ3v) is 4.36. The van der Waals surface area contributed by atoms with Crippen molar-refractivity contribution >= 4 is 46.0 Å². The zero-order chi connectivity index (χ0) is 13.3. The minimum atomic E-state index is -0.233. The lowest BCUT2D eigenvalue weighted by Crippen LogP contribution is -2.32. The number of nitrogens with zero attached hydrogens (tertiary/aromatic N) is 1. The predicted molar refractivity (Wildman–Crippen MR) is 78.6 cm³/mol. The first-order valence-electron chi connectivity index (χ1n) is 5.82. The maximum absolute atomic E-state index is 12.3. The van der Waals surface area contributed by atoms with Crippen LogP contribution >= 0.6 is 34.2 Å². The molecule has 1 saturated heterocycles. The standard InChI is InChI=1S/C13H13ClINO2/c1-2-8-5-12(17)16(7-8)13(18)10-6-9(14)3-4-11(10)15/h3-4,6,8H,2,5,7H2,1H3. The first kappa shape index (κ1) is 13.8. The molecule has 1 aromatic carbocycles. The lowest BCUT2D eigenvalue weighted by molar-refractivity contribution is -0.125. The minimum absolute atomic E-state index is 0.0809. The van der Waals surface area contributed by atoms with E-state index in [0.717, 1.165) is 9.99 Å². The summed E-state index contributed by atoms with van der Waals surface area (Å²) in [6, 6.07) is 5.15. The Kier molecular flexibility index (Phi) is 4.27. The Morgan fingerprint density at radius 3 is 2.89 bits per heavy atom. The summed E-state index contributed by atoms with van der Waals surface area (Å²) in [6.45, 7) is 2.56. The van der Waals surface area contributed by atoms with E-state index < -0.39 is 0 Å². The van der Waals surface area contributed by atoms with Crippen LogP contribution in [0.1, 0.15) is 30.1 Å². The van der Waals surface area contributed by atoms with Gasteiger partial charge < -0.3 is 0 Å². The zero-order valence-electron chi connectivity index (χ0n) is 9.95. The van der Waals surface area contributed by atoms with Gasteiger partial charge in [0.2, 0.25) is 5.91 Å². The average Bonchev–Trinajstić information content (AvgIpc) is 2.73. The second kappa shape index (κ2) is 5.57. The number of hydrogen-bond donors (Lipinski definition) is 0. The number of hydrogen-bond acceptors (Lipinski definition) is 2. The summed E-state index contributed by atoms with van der Waals surface area (Å²) in [7, 11) is 0. The summed E-state index contributed by atoms with van der Waals surface area (Å²) in [5.41, 5.74) is 0.508. The van der Waals surface area contributed by atoms with E-state index in [9.17, 15) is 9.59 Å². The highest BCUT2D eigenvalue weighted by Crippen LogP contribution is 2.25. The third kappa shape index (κ3) is 2.69. The van der Waals surface area contributed by atoms with E-state index in [1.807, 2.05) is 6.92 Å². The number of benzene rings is 1. The monoisotopic (exact) mass is 377 g/mol. The fourth-order valence-corrected chi connectivity index (χ4v) is 2.80. The second-order valence-corrected chi connectivity index (χ2v) is 6.01. The lowest BCUT2D eigenvalue weighted by Gasteiger charge is -2.15. The second-order valence-electron chi connectivity index (χ2n) is 4.41. The molecule has 0 spiro atoms. The molecular weight excluding hydrogens is 365 g/mol. The van der Waals surface area contributed by atoms with E-state index >= 15 is 0 Å². The number of imide groups is 1. The summed E-state index contributed by atoms with van der Waals surface area (Å²) in [5.74, 6) is -0.0243. The lowest BCUT2D eigenvalue weighted by atomic mass is 10.1. The van der Waals surface area contributed by atoms with Gasteiger partial charge in [0.05, 0.1) is 5.56 Å². The number of amides is 2. The summed E-state index contributed by atoms with van der Waals surface area (Å²) in [6.07, 6.45) is 1.39. The van der Waals surface area contributed by atoms with Crippen LogP contribution in [-0.4, -0.2) is 23.3 Å². The third-order valence-electron chi connectivity index (χ3n) is 3.19. The van der Waals surface area contributed by atoms with Crippen LogP contribution in [0.4, 0.5) is 0 Å². The quantitative estimate of drug-likeness (QED) is 0.585. The van der Waals surface area contributed by atoms with Crippen LogP contribution in [0.3, 0.4) is 0 Å². The largest absolute Gasteiger partial charge is 0.278 e. The Morgan fingerprint density at radius 1 is 1.56 bits per heavy atom. The summed E-state index contributed by atoms with van der Waals surface area (Å²) < 4.78 is 0.815. The fourth-order valence-electron chi connectivity index (χ4n) is 2.06. The van der Waals surface area contributed by atoms with Gasteiger partial charge in [-0.3, -0.25) is 14.5 Å². The Hall–Kier alpha value is -0.620. The van der Waals surface area contributed by atoms with Gasteiger partial charge in [-0.2, -0.15) is 0 Å². The molecule has 0 saturated carbocycles. The van der Waals surface area contributed by atoms with Crippen molar-refractivity contribution in [3.8, 4) is 0 Å². The van der Waals surface area contributed by atoms with E-state index in [1.165, 1.54) is 4.90 Å². The van der Waals surface area contributed by atoms with Crippen molar-refractivity contribution in [2.75, 3.05) is 6.54 Å². The molecule has 1 aromatic rings. The van der Waals surface area contributed by atoms with E-state index in [2.05, 4.69) is 22.6 Å². The van der Waals surface area contributed by atoms with Gasteiger partial charge in [-0.1, -0.05) is 24.9 Å². The van der Waals surface area contributed by atoms with Crippen LogP contribution in [0.2, 0.25) is 5.02 Å². The summed E-state index contributed by atoms with van der Waals surface area (Å²) in [5, 5.41) is 0.512. The molecule has 2 rings (SSSR count). The van der Waals surface area contributed by atoms with Gasteiger partial charge in [0.15, 0.2) is 0 Å². The van der Waals surface area contributed by atoms with Gasteiger partial charge in [0, 0.05) is 21.6 Å². The molecule has 2 amide bonds. The van der Waals surface area contributed by atoms with Crippen molar-refractivity contribution < 1.29 is 9.59 Å². The summed E-state index contributed by atoms with van der Waals surface area (Å²) in [4.78, 5) is 25.5. The predicted octanol–water partition coefficient (Wildman–Crippen LogP) is 3.34. The molecule has 3 nitrogen and oxygen atoms in total. The molecule has 1 aliphatic rings. The Labute approximate surface area is 125 Å². The molecule has 18 heavy (non-hydrogen) atoms. The Bertz CT molecular complexity index is 504. The molecule has 1 unspecified atom stereocenters. The average molecular weight is 378 g/mol. The number of likely N-dealkylation sites (tertiary alicyclic amines) is 1. The molecule has 0 radical (unpaired) electrons. The molecular formula is C13H13ClINO2.